The largest absolute Gasteiger partial charge is 1.00 e. The van der Waals surface area contributed by atoms with Gasteiger partial charge in [0.25, 0.3) is 0 Å². The maximum Gasteiger partial charge on any atom is 1.00 e. The summed E-state index contributed by atoms with van der Waals surface area (Å²) in [5, 5.41) is 0. The van der Waals surface area contributed by atoms with Crippen molar-refractivity contribution in [2.75, 3.05) is 0 Å². The van der Waals surface area contributed by atoms with Crippen LogP contribution in [0.15, 0.2) is 83.8 Å². The number of hydrogen-bond donors (Lipinski definition) is 0. The Kier molecular flexibility index (Phi) is 7.72. The van der Waals surface area contributed by atoms with Gasteiger partial charge in [-0.2, -0.15) is 0 Å². The molecule has 3 aromatic carbocycles. The van der Waals surface area contributed by atoms with Gasteiger partial charge in [0.2, 0.25) is 0 Å². The molecule has 0 heterocycles. The molecule has 0 amide bonds. The van der Waals surface area contributed by atoms with E-state index in [9.17, 15) is 22.6 Å². The van der Waals surface area contributed by atoms with Crippen LogP contribution in [0.2, 0.25) is 0 Å². The van der Waals surface area contributed by atoms with E-state index in [0.717, 1.165) is 18.2 Å². The van der Waals surface area contributed by atoms with Gasteiger partial charge in [0.05, 0.1) is 16.0 Å². The molecular weight excluding hydrogens is 407 g/mol. The molecule has 29 heavy (non-hydrogen) atoms. The van der Waals surface area contributed by atoms with E-state index in [-0.39, 0.29) is 52.2 Å². The molecule has 0 atom stereocenters. The van der Waals surface area contributed by atoms with Crippen LogP contribution < -0.4 is 39.0 Å². The fourth-order valence-corrected chi connectivity index (χ4v) is 2.83. The maximum absolute atomic E-state index is 12.4. The van der Waals surface area contributed by atoms with E-state index in [1.165, 1.54) is 24.3 Å². The molecule has 0 saturated carbocycles. The van der Waals surface area contributed by atoms with Gasteiger partial charge in [-0.15, -0.1) is 0 Å². The van der Waals surface area contributed by atoms with E-state index in [4.69, 9.17) is 9.47 Å². The first-order valence-electron chi connectivity index (χ1n) is 7.98. The number of rotatable bonds is 5. The molecule has 9 heteroatoms. The van der Waals surface area contributed by atoms with Gasteiger partial charge in [-0.3, -0.25) is 0 Å². The first-order valence-corrected chi connectivity index (χ1v) is 9.39. The van der Waals surface area contributed by atoms with Crippen molar-refractivity contribution in [2.45, 2.75) is 4.90 Å². The summed E-state index contributed by atoms with van der Waals surface area (Å²) in [6.45, 7) is 0. The molecule has 0 spiro atoms. The average Bonchev–Trinajstić information content (AvgIpc) is 2.68. The van der Waals surface area contributed by atoms with Gasteiger partial charge >= 0.3 is 41.5 Å². The second-order valence-electron chi connectivity index (χ2n) is 5.61. The molecule has 0 fully saturated rings. The predicted octanol–water partition coefficient (Wildman–Crippen LogP) is 0.0331. The van der Waals surface area contributed by atoms with Crippen LogP contribution in [0.3, 0.4) is 0 Å². The van der Waals surface area contributed by atoms with Crippen LogP contribution in [0.1, 0.15) is 20.7 Å². The second kappa shape index (κ2) is 9.82. The molecule has 7 nitrogen and oxygen atoms in total. The molecule has 0 aliphatic heterocycles. The van der Waals surface area contributed by atoms with Gasteiger partial charge in [0, 0.05) is 0 Å². The van der Waals surface area contributed by atoms with Gasteiger partial charge in [0.1, 0.15) is 21.6 Å². The minimum Gasteiger partial charge on any atom is -0.744 e. The van der Waals surface area contributed by atoms with E-state index in [1.54, 1.807) is 36.4 Å². The molecule has 0 aliphatic rings. The Hall–Kier alpha value is -2.49. The Balaban J connectivity index is 0.00000300. The van der Waals surface area contributed by atoms with Crippen molar-refractivity contribution in [3.8, 4) is 11.5 Å². The van der Waals surface area contributed by atoms with Gasteiger partial charge in [-0.25, -0.2) is 18.0 Å². The van der Waals surface area contributed by atoms with Crippen LogP contribution in [0.25, 0.3) is 0 Å². The average molecular weight is 420 g/mol. The molecule has 0 bridgehead atoms. The topological polar surface area (TPSA) is 110 Å². The predicted molar refractivity (Wildman–Crippen MR) is 97.2 cm³/mol. The molecule has 0 aromatic heterocycles. The Morgan fingerprint density at radius 3 is 1.41 bits per heavy atom. The molecule has 3 rings (SSSR count). The Morgan fingerprint density at radius 1 is 0.690 bits per heavy atom. The molecule has 3 aromatic rings. The number of carbonyl (C=O) groups is 2. The van der Waals surface area contributed by atoms with Gasteiger partial charge < -0.3 is 14.0 Å². The SMILES string of the molecule is O=C(Oc1ccccc1)c1cc(C(=O)Oc2ccccc2)cc(S(=O)(=O)[O-])c1.[Na+]. The molecule has 0 unspecified atom stereocenters. The fraction of sp³-hybridized carbons (Fsp3) is 0. The van der Waals surface area contributed by atoms with Crippen molar-refractivity contribution in [3.05, 3.63) is 90.0 Å². The van der Waals surface area contributed by atoms with Gasteiger partial charge in [-0.05, 0) is 42.5 Å². The molecule has 0 saturated heterocycles. The molecule has 0 N–H and O–H groups in total. The zero-order valence-corrected chi connectivity index (χ0v) is 18.1. The quantitative estimate of drug-likeness (QED) is 0.248. The van der Waals surface area contributed by atoms with E-state index in [2.05, 4.69) is 0 Å². The Bertz CT molecular complexity index is 1040. The first kappa shape index (κ1) is 22.8. The number of benzene rings is 3. The number of carbonyl (C=O) groups excluding carboxylic acids is 2. The summed E-state index contributed by atoms with van der Waals surface area (Å²) in [5.74, 6) is -1.41. The van der Waals surface area contributed by atoms with E-state index < -0.39 is 27.0 Å². The zero-order valence-electron chi connectivity index (χ0n) is 15.3. The van der Waals surface area contributed by atoms with Crippen molar-refractivity contribution in [3.63, 3.8) is 0 Å². The van der Waals surface area contributed by atoms with Crippen molar-refractivity contribution in [2.24, 2.45) is 0 Å². The minimum absolute atomic E-state index is 0. The van der Waals surface area contributed by atoms with Crippen LogP contribution in [-0.2, 0) is 10.1 Å². The second-order valence-corrected chi connectivity index (χ2v) is 6.98. The van der Waals surface area contributed by atoms with E-state index >= 15 is 0 Å². The summed E-state index contributed by atoms with van der Waals surface area (Å²) in [7, 11) is -4.93. The number of ether oxygens (including phenoxy) is 2. The monoisotopic (exact) mass is 420 g/mol. The summed E-state index contributed by atoms with van der Waals surface area (Å²) in [6, 6.07) is 18.9. The molecular formula is C20H13NaO7S. The van der Waals surface area contributed by atoms with Crippen LogP contribution in [0, 0.1) is 0 Å². The van der Waals surface area contributed by atoms with Gasteiger partial charge in [-0.1, -0.05) is 36.4 Å². The zero-order chi connectivity index (χ0) is 20.1. The first-order chi connectivity index (χ1) is 13.3. The third kappa shape index (κ3) is 6.25. The maximum atomic E-state index is 12.4. The van der Waals surface area contributed by atoms with Crippen LogP contribution >= 0.6 is 0 Å². The molecule has 142 valence electrons. The van der Waals surface area contributed by atoms with Crippen molar-refractivity contribution >= 4 is 22.1 Å². The summed E-state index contributed by atoms with van der Waals surface area (Å²) in [5.41, 5.74) is -0.554. The van der Waals surface area contributed by atoms with Crippen LogP contribution in [0.4, 0.5) is 0 Å². The van der Waals surface area contributed by atoms with E-state index in [0.29, 0.717) is 0 Å². The number of hydrogen-bond acceptors (Lipinski definition) is 7. The third-order valence-corrected chi connectivity index (χ3v) is 4.39. The molecule has 0 aliphatic carbocycles. The van der Waals surface area contributed by atoms with Crippen molar-refractivity contribution < 1.29 is 61.6 Å². The summed E-state index contributed by atoms with van der Waals surface area (Å²) in [4.78, 5) is 24.0. The van der Waals surface area contributed by atoms with Crippen LogP contribution in [-0.4, -0.2) is 24.9 Å². The Labute approximate surface area is 189 Å². The minimum atomic E-state index is -4.93. The number of esters is 2. The summed E-state index contributed by atoms with van der Waals surface area (Å²) in [6.07, 6.45) is 0. The third-order valence-electron chi connectivity index (χ3n) is 3.57. The normalized spacial score (nSPS) is 10.5. The fourth-order valence-electron chi connectivity index (χ4n) is 2.29. The standard InChI is InChI=1S/C20H14O7S.Na/c21-19(26-16-7-3-1-4-8-16)14-11-15(13-18(12-14)28(23,24)25)20(22)27-17-9-5-2-6-10-17;/h1-13H,(H,23,24,25);/q;+1/p-1. The van der Waals surface area contributed by atoms with E-state index in [1.807, 2.05) is 0 Å². The van der Waals surface area contributed by atoms with Crippen LogP contribution in [0.5, 0.6) is 11.5 Å². The summed E-state index contributed by atoms with van der Waals surface area (Å²) >= 11 is 0. The number of para-hydroxylation sites is 2. The van der Waals surface area contributed by atoms with Crippen molar-refractivity contribution in [1.29, 1.82) is 0 Å². The smallest absolute Gasteiger partial charge is 0.744 e. The van der Waals surface area contributed by atoms with Gasteiger partial charge in [0.15, 0.2) is 0 Å². The van der Waals surface area contributed by atoms with Crippen molar-refractivity contribution in [1.82, 2.24) is 0 Å². The summed E-state index contributed by atoms with van der Waals surface area (Å²) < 4.78 is 44.6. The molecule has 0 radical (unpaired) electrons. The Morgan fingerprint density at radius 2 is 1.07 bits per heavy atom.